The summed E-state index contributed by atoms with van der Waals surface area (Å²) in [4.78, 5) is 16.7. The maximum atomic E-state index is 8.35. The topological polar surface area (TPSA) is 81.8 Å². The van der Waals surface area contributed by atoms with Gasteiger partial charge in [-0.1, -0.05) is 80.4 Å². The molecule has 0 amide bonds. The molecule has 120 valence electrons. The van der Waals surface area contributed by atoms with Crippen molar-refractivity contribution in [1.29, 1.82) is 10.8 Å². The van der Waals surface area contributed by atoms with Gasteiger partial charge in [0.15, 0.2) is 0 Å². The van der Waals surface area contributed by atoms with E-state index < -0.39 is 0 Å². The summed E-state index contributed by atoms with van der Waals surface area (Å²) in [7, 11) is 0. The van der Waals surface area contributed by atoms with E-state index in [1.807, 2.05) is 0 Å². The highest BCUT2D eigenvalue weighted by atomic mass is 16.1. The second-order valence-corrected chi connectivity index (χ2v) is 4.72. The van der Waals surface area contributed by atoms with Crippen molar-refractivity contribution >= 4 is 12.2 Å². The van der Waals surface area contributed by atoms with Crippen LogP contribution in [-0.4, -0.2) is 12.2 Å². The van der Waals surface area contributed by atoms with Crippen LogP contribution in [0.4, 0.5) is 0 Å². The first-order valence-corrected chi connectivity index (χ1v) is 7.42. The lowest BCUT2D eigenvalue weighted by Crippen LogP contribution is -2.00. The predicted molar refractivity (Wildman–Crippen MR) is 91.1 cm³/mol. The van der Waals surface area contributed by atoms with Crippen molar-refractivity contribution in [1.82, 2.24) is 0 Å². The Morgan fingerprint density at radius 1 is 0.826 bits per heavy atom. The minimum atomic E-state index is 0.553. The summed E-state index contributed by atoms with van der Waals surface area (Å²) in [6.45, 7) is 2.26. The van der Waals surface area contributed by atoms with Gasteiger partial charge in [-0.25, -0.2) is 20.4 Å². The summed E-state index contributed by atoms with van der Waals surface area (Å²) < 4.78 is 0. The third-order valence-electron chi connectivity index (χ3n) is 3.25. The summed E-state index contributed by atoms with van der Waals surface area (Å²) in [6.07, 6.45) is 5.29. The molecule has 0 aliphatic carbocycles. The number of hydrogen-bond donors (Lipinski definition) is 2. The van der Waals surface area contributed by atoms with Gasteiger partial charge in [0, 0.05) is 5.92 Å². The van der Waals surface area contributed by atoms with E-state index in [1.54, 1.807) is 0 Å². The van der Waals surface area contributed by atoms with Gasteiger partial charge in [-0.15, -0.1) is 0 Å². The van der Waals surface area contributed by atoms with Crippen LogP contribution in [0.15, 0.2) is 60.7 Å². The van der Waals surface area contributed by atoms with Crippen molar-refractivity contribution in [3.63, 3.8) is 0 Å². The van der Waals surface area contributed by atoms with Crippen LogP contribution in [0.25, 0.3) is 0 Å². The number of hydrogen-bond acceptors (Lipinski definition) is 4. The molecule has 0 fully saturated rings. The molecule has 2 aromatic rings. The SMILES string of the molecule is CCCCC(c1ccccc1)c1ccccc1.N=C=O.N=C=O. The van der Waals surface area contributed by atoms with Gasteiger partial charge in [-0.3, -0.25) is 0 Å². The quantitative estimate of drug-likeness (QED) is 0.613. The molecule has 0 heterocycles. The number of nitrogens with one attached hydrogen (secondary N) is 2. The van der Waals surface area contributed by atoms with Crippen LogP contribution >= 0.6 is 0 Å². The van der Waals surface area contributed by atoms with Gasteiger partial charge in [0.05, 0.1) is 0 Å². The number of benzene rings is 2. The molecule has 2 N–H and O–H groups in total. The fraction of sp³-hybridized carbons (Fsp3) is 0.263. The zero-order valence-electron chi connectivity index (χ0n) is 13.3. The van der Waals surface area contributed by atoms with Crippen molar-refractivity contribution < 1.29 is 9.59 Å². The van der Waals surface area contributed by atoms with E-state index in [2.05, 4.69) is 67.6 Å². The molecule has 0 aliphatic heterocycles. The van der Waals surface area contributed by atoms with Gasteiger partial charge < -0.3 is 0 Å². The maximum absolute atomic E-state index is 8.35. The third-order valence-corrected chi connectivity index (χ3v) is 3.25. The van der Waals surface area contributed by atoms with Crippen molar-refractivity contribution in [2.45, 2.75) is 32.1 Å². The third kappa shape index (κ3) is 8.94. The highest BCUT2D eigenvalue weighted by molar-refractivity contribution is 5.32. The first-order valence-electron chi connectivity index (χ1n) is 7.42. The summed E-state index contributed by atoms with van der Waals surface area (Å²) in [5.41, 5.74) is 2.87. The standard InChI is InChI=1S/C17H20.2CHNO/c1-2-3-14-17(15-10-6-4-7-11-15)16-12-8-5-9-13-16;2*2-1-3/h4-13,17H,2-3,14H2,1H3;2*2H. The molecule has 0 saturated carbocycles. The molecule has 0 unspecified atom stereocenters. The molecular weight excluding hydrogens is 288 g/mol. The lowest BCUT2D eigenvalue weighted by Gasteiger charge is -2.17. The van der Waals surface area contributed by atoms with E-state index in [1.165, 1.54) is 30.4 Å². The average molecular weight is 310 g/mol. The van der Waals surface area contributed by atoms with Crippen LogP contribution in [0.1, 0.15) is 43.2 Å². The summed E-state index contributed by atoms with van der Waals surface area (Å²) in [5, 5.41) is 10.8. The molecule has 0 aliphatic rings. The Morgan fingerprint density at radius 2 is 1.17 bits per heavy atom. The maximum Gasteiger partial charge on any atom is 0.231 e. The Labute approximate surface area is 137 Å². The Kier molecular flexibility index (Phi) is 12.4. The monoisotopic (exact) mass is 310 g/mol. The lowest BCUT2D eigenvalue weighted by atomic mass is 9.87. The fourth-order valence-electron chi connectivity index (χ4n) is 2.30. The van der Waals surface area contributed by atoms with Crippen molar-refractivity contribution in [2.24, 2.45) is 0 Å². The molecule has 0 aromatic heterocycles. The highest BCUT2D eigenvalue weighted by Crippen LogP contribution is 2.29. The summed E-state index contributed by atoms with van der Waals surface area (Å²) in [6, 6.07) is 21.7. The zero-order valence-corrected chi connectivity index (χ0v) is 13.3. The van der Waals surface area contributed by atoms with Gasteiger partial charge in [-0.05, 0) is 17.5 Å². The van der Waals surface area contributed by atoms with Crippen LogP contribution in [-0.2, 0) is 9.59 Å². The number of unbranched alkanes of at least 4 members (excludes halogenated alkanes) is 1. The fourth-order valence-corrected chi connectivity index (χ4v) is 2.30. The first kappa shape index (κ1) is 20.2. The van der Waals surface area contributed by atoms with E-state index in [9.17, 15) is 0 Å². The molecule has 0 radical (unpaired) electrons. The molecule has 0 atom stereocenters. The molecule has 0 spiro atoms. The number of rotatable bonds is 5. The Morgan fingerprint density at radius 3 is 1.48 bits per heavy atom. The average Bonchev–Trinajstić information content (AvgIpc) is 2.59. The van der Waals surface area contributed by atoms with Gasteiger partial charge in [0.2, 0.25) is 12.2 Å². The minimum Gasteiger partial charge on any atom is -0.222 e. The Bertz CT molecular complexity index is 534. The zero-order chi connectivity index (χ0) is 17.3. The predicted octanol–water partition coefficient (Wildman–Crippen LogP) is 4.81. The van der Waals surface area contributed by atoms with Crippen LogP contribution in [0.5, 0.6) is 0 Å². The molecule has 23 heavy (non-hydrogen) atoms. The van der Waals surface area contributed by atoms with E-state index in [0.717, 1.165) is 12.2 Å². The van der Waals surface area contributed by atoms with Crippen LogP contribution in [0, 0.1) is 10.8 Å². The lowest BCUT2D eigenvalue weighted by molar-refractivity contribution is 0.562. The molecular formula is C19H22N2O2. The Balaban J connectivity index is 0.000000704. The van der Waals surface area contributed by atoms with Gasteiger partial charge in [0.1, 0.15) is 0 Å². The van der Waals surface area contributed by atoms with Gasteiger partial charge in [0.25, 0.3) is 0 Å². The molecule has 0 saturated heterocycles. The van der Waals surface area contributed by atoms with Crippen molar-refractivity contribution in [3.8, 4) is 0 Å². The van der Waals surface area contributed by atoms with Crippen molar-refractivity contribution in [2.75, 3.05) is 0 Å². The van der Waals surface area contributed by atoms with Gasteiger partial charge in [-0.2, -0.15) is 0 Å². The minimum absolute atomic E-state index is 0.553. The largest absolute Gasteiger partial charge is 0.231 e. The highest BCUT2D eigenvalue weighted by Gasteiger charge is 2.12. The summed E-state index contributed by atoms with van der Waals surface area (Å²) in [5.74, 6) is 0.553. The number of isocyanates is 2. The molecule has 0 bridgehead atoms. The second kappa shape index (κ2) is 14.2. The number of carbonyl (C=O) groups excluding carboxylic acids is 2. The van der Waals surface area contributed by atoms with Crippen LogP contribution < -0.4 is 0 Å². The van der Waals surface area contributed by atoms with E-state index in [4.69, 9.17) is 20.4 Å². The molecule has 4 nitrogen and oxygen atoms in total. The van der Waals surface area contributed by atoms with E-state index in [0.29, 0.717) is 5.92 Å². The normalized spacial score (nSPS) is 8.61. The summed E-state index contributed by atoms with van der Waals surface area (Å²) >= 11 is 0. The second-order valence-electron chi connectivity index (χ2n) is 4.72. The van der Waals surface area contributed by atoms with Gasteiger partial charge >= 0.3 is 0 Å². The van der Waals surface area contributed by atoms with Crippen LogP contribution in [0.2, 0.25) is 0 Å². The Hall–Kier alpha value is -2.80. The smallest absolute Gasteiger partial charge is 0.222 e. The van der Waals surface area contributed by atoms with E-state index in [-0.39, 0.29) is 0 Å². The molecule has 2 rings (SSSR count). The molecule has 4 heteroatoms. The van der Waals surface area contributed by atoms with E-state index >= 15 is 0 Å². The van der Waals surface area contributed by atoms with Crippen LogP contribution in [0.3, 0.4) is 0 Å². The van der Waals surface area contributed by atoms with Crippen molar-refractivity contribution in [3.05, 3.63) is 71.8 Å². The molecule has 2 aromatic carbocycles. The first-order chi connectivity index (χ1) is 11.2.